The van der Waals surface area contributed by atoms with Gasteiger partial charge in [0.25, 0.3) is 0 Å². The Bertz CT molecular complexity index is 417. The number of carbonyl (C=O) groups is 2. The first-order valence-corrected chi connectivity index (χ1v) is 6.74. The third-order valence-electron chi connectivity index (χ3n) is 2.74. The fraction of sp³-hybridized carbons (Fsp3) is 0.615. The van der Waals surface area contributed by atoms with E-state index in [0.717, 1.165) is 18.7 Å². The van der Waals surface area contributed by atoms with Crippen LogP contribution in [0.1, 0.15) is 32.5 Å². The highest BCUT2D eigenvalue weighted by molar-refractivity contribution is 5.82. The zero-order chi connectivity index (χ0) is 15.0. The van der Waals surface area contributed by atoms with Gasteiger partial charge in [-0.3, -0.25) is 0 Å². The van der Waals surface area contributed by atoms with Gasteiger partial charge in [-0.25, -0.2) is 14.6 Å². The summed E-state index contributed by atoms with van der Waals surface area (Å²) in [7, 11) is 0. The number of aromatic nitrogens is 2. The van der Waals surface area contributed by atoms with Crippen molar-refractivity contribution in [2.75, 3.05) is 6.54 Å². The van der Waals surface area contributed by atoms with Crippen LogP contribution in [0.15, 0.2) is 12.4 Å². The van der Waals surface area contributed by atoms with Crippen molar-refractivity contribution in [3.05, 3.63) is 18.2 Å². The number of H-pyrrole nitrogens is 1. The highest BCUT2D eigenvalue weighted by atomic mass is 16.4. The molecule has 0 aliphatic heterocycles. The lowest BCUT2D eigenvalue weighted by Gasteiger charge is -2.16. The van der Waals surface area contributed by atoms with Crippen molar-refractivity contribution in [2.45, 2.75) is 39.2 Å². The number of aliphatic carboxylic acids is 1. The third kappa shape index (κ3) is 6.21. The van der Waals surface area contributed by atoms with Crippen LogP contribution in [0.5, 0.6) is 0 Å². The van der Waals surface area contributed by atoms with Gasteiger partial charge in [0, 0.05) is 25.4 Å². The van der Waals surface area contributed by atoms with Gasteiger partial charge in [0.1, 0.15) is 11.9 Å². The summed E-state index contributed by atoms with van der Waals surface area (Å²) < 4.78 is 0. The van der Waals surface area contributed by atoms with Gasteiger partial charge < -0.3 is 20.7 Å². The quantitative estimate of drug-likeness (QED) is 0.536. The van der Waals surface area contributed by atoms with Gasteiger partial charge in [-0.15, -0.1) is 0 Å². The van der Waals surface area contributed by atoms with E-state index in [1.807, 2.05) is 13.8 Å². The van der Waals surface area contributed by atoms with Crippen LogP contribution in [0.3, 0.4) is 0 Å². The maximum atomic E-state index is 11.6. The van der Waals surface area contributed by atoms with Gasteiger partial charge in [0.2, 0.25) is 0 Å². The van der Waals surface area contributed by atoms with Gasteiger partial charge in [0.15, 0.2) is 0 Å². The van der Waals surface area contributed by atoms with E-state index in [0.29, 0.717) is 13.0 Å². The van der Waals surface area contributed by atoms with Crippen LogP contribution in [-0.4, -0.2) is 39.7 Å². The molecule has 0 saturated carbocycles. The molecule has 0 saturated heterocycles. The molecule has 0 spiro atoms. The van der Waals surface area contributed by atoms with E-state index >= 15 is 0 Å². The molecule has 20 heavy (non-hydrogen) atoms. The van der Waals surface area contributed by atoms with Gasteiger partial charge in [-0.1, -0.05) is 13.8 Å². The zero-order valence-electron chi connectivity index (χ0n) is 11.8. The minimum Gasteiger partial charge on any atom is -0.480 e. The molecule has 4 N–H and O–H groups in total. The molecule has 1 atom stereocenters. The zero-order valence-corrected chi connectivity index (χ0v) is 11.8. The molecule has 1 aromatic heterocycles. The minimum atomic E-state index is -1.01. The summed E-state index contributed by atoms with van der Waals surface area (Å²) in [6, 6.07) is -1.29. The van der Waals surface area contributed by atoms with E-state index in [9.17, 15) is 9.59 Å². The molecule has 7 heteroatoms. The lowest BCUT2D eigenvalue weighted by molar-refractivity contribution is -0.139. The van der Waals surface area contributed by atoms with Crippen molar-refractivity contribution in [3.63, 3.8) is 0 Å². The number of nitrogens with zero attached hydrogens (tertiary/aromatic N) is 1. The summed E-state index contributed by atoms with van der Waals surface area (Å²) in [6.45, 7) is 4.30. The summed E-state index contributed by atoms with van der Waals surface area (Å²) in [5, 5.41) is 14.1. The Labute approximate surface area is 118 Å². The first kappa shape index (κ1) is 16.0. The van der Waals surface area contributed by atoms with Crippen LogP contribution in [0.4, 0.5) is 4.79 Å². The summed E-state index contributed by atoms with van der Waals surface area (Å²) in [4.78, 5) is 29.6. The molecule has 1 heterocycles. The highest BCUT2D eigenvalue weighted by Crippen LogP contribution is 2.04. The fourth-order valence-corrected chi connectivity index (χ4v) is 1.79. The summed E-state index contributed by atoms with van der Waals surface area (Å²) in [5.74, 6) is 0.0650. The summed E-state index contributed by atoms with van der Waals surface area (Å²) in [6.07, 6.45) is 5.32. The Morgan fingerprint density at radius 3 is 2.75 bits per heavy atom. The van der Waals surface area contributed by atoms with Crippen molar-refractivity contribution >= 4 is 12.0 Å². The minimum absolute atomic E-state index is 0.204. The predicted octanol–water partition coefficient (Wildman–Crippen LogP) is 1.14. The molecule has 112 valence electrons. The smallest absolute Gasteiger partial charge is 0.326 e. The second-order valence-corrected chi connectivity index (χ2v) is 5.06. The standard InChI is InChI=1S/C13H22N4O3/c1-9(2)8-10(12(18)19)17-13(20)16-5-3-4-11-14-6-7-15-11/h6-7,9-10H,3-5,8H2,1-2H3,(H,14,15)(H,18,19)(H2,16,17,20)/t10-/m1/s1. The molecular weight excluding hydrogens is 260 g/mol. The largest absolute Gasteiger partial charge is 0.480 e. The molecule has 0 bridgehead atoms. The van der Waals surface area contributed by atoms with Crippen LogP contribution < -0.4 is 10.6 Å². The number of aryl methyl sites for hydroxylation is 1. The average Bonchev–Trinajstić information content (AvgIpc) is 2.86. The Morgan fingerprint density at radius 1 is 1.45 bits per heavy atom. The normalized spacial score (nSPS) is 12.2. The Hall–Kier alpha value is -2.05. The highest BCUT2D eigenvalue weighted by Gasteiger charge is 2.20. The number of nitrogens with one attached hydrogen (secondary N) is 3. The van der Waals surface area contributed by atoms with Crippen molar-refractivity contribution in [1.82, 2.24) is 20.6 Å². The number of amides is 2. The van der Waals surface area contributed by atoms with E-state index in [1.165, 1.54) is 0 Å². The summed E-state index contributed by atoms with van der Waals surface area (Å²) >= 11 is 0. The number of hydrogen-bond acceptors (Lipinski definition) is 3. The Kier molecular flexibility index (Phi) is 6.55. The number of carboxylic acid groups (broad SMARTS) is 1. The van der Waals surface area contributed by atoms with Crippen LogP contribution in [0.2, 0.25) is 0 Å². The van der Waals surface area contributed by atoms with Crippen molar-refractivity contribution in [1.29, 1.82) is 0 Å². The van der Waals surface area contributed by atoms with Crippen molar-refractivity contribution in [2.24, 2.45) is 5.92 Å². The number of carbonyl (C=O) groups excluding carboxylic acids is 1. The fourth-order valence-electron chi connectivity index (χ4n) is 1.79. The van der Waals surface area contributed by atoms with Crippen LogP contribution in [-0.2, 0) is 11.2 Å². The van der Waals surface area contributed by atoms with Crippen LogP contribution in [0, 0.1) is 5.92 Å². The van der Waals surface area contributed by atoms with Crippen molar-refractivity contribution < 1.29 is 14.7 Å². The van der Waals surface area contributed by atoms with E-state index in [1.54, 1.807) is 12.4 Å². The molecule has 0 aromatic carbocycles. The maximum Gasteiger partial charge on any atom is 0.326 e. The number of aromatic amines is 1. The number of rotatable bonds is 8. The number of urea groups is 1. The second-order valence-electron chi connectivity index (χ2n) is 5.06. The van der Waals surface area contributed by atoms with Gasteiger partial charge in [-0.05, 0) is 18.8 Å². The first-order valence-electron chi connectivity index (χ1n) is 6.74. The lowest BCUT2D eigenvalue weighted by atomic mass is 10.0. The predicted molar refractivity (Wildman–Crippen MR) is 74.3 cm³/mol. The molecule has 0 unspecified atom stereocenters. The average molecular weight is 282 g/mol. The van der Waals surface area contributed by atoms with E-state index < -0.39 is 18.0 Å². The maximum absolute atomic E-state index is 11.6. The number of imidazole rings is 1. The van der Waals surface area contributed by atoms with Gasteiger partial charge in [-0.2, -0.15) is 0 Å². The van der Waals surface area contributed by atoms with E-state index in [2.05, 4.69) is 20.6 Å². The molecular formula is C13H22N4O3. The van der Waals surface area contributed by atoms with Gasteiger partial charge in [0.05, 0.1) is 0 Å². The number of hydrogen-bond donors (Lipinski definition) is 4. The van der Waals surface area contributed by atoms with Gasteiger partial charge >= 0.3 is 12.0 Å². The van der Waals surface area contributed by atoms with Crippen molar-refractivity contribution in [3.8, 4) is 0 Å². The first-order chi connectivity index (χ1) is 9.49. The molecule has 0 aliphatic carbocycles. The van der Waals surface area contributed by atoms with Crippen LogP contribution in [0.25, 0.3) is 0 Å². The number of carboxylic acids is 1. The third-order valence-corrected chi connectivity index (χ3v) is 2.74. The topological polar surface area (TPSA) is 107 Å². The van der Waals surface area contributed by atoms with Crippen LogP contribution >= 0.6 is 0 Å². The Balaban J connectivity index is 2.22. The monoisotopic (exact) mass is 282 g/mol. The molecule has 7 nitrogen and oxygen atoms in total. The molecule has 0 fully saturated rings. The molecule has 2 amide bonds. The molecule has 1 aromatic rings. The molecule has 0 radical (unpaired) electrons. The molecule has 0 aliphatic rings. The Morgan fingerprint density at radius 2 is 2.20 bits per heavy atom. The summed E-state index contributed by atoms with van der Waals surface area (Å²) in [5.41, 5.74) is 0. The molecule has 1 rings (SSSR count). The van der Waals surface area contributed by atoms with E-state index in [-0.39, 0.29) is 5.92 Å². The SMILES string of the molecule is CC(C)C[C@@H](NC(=O)NCCCc1ncc[nH]1)C(=O)O. The second kappa shape index (κ2) is 8.19. The van der Waals surface area contributed by atoms with E-state index in [4.69, 9.17) is 5.11 Å². The lowest BCUT2D eigenvalue weighted by Crippen LogP contribution is -2.46.